The number of nitrogens with two attached hydrogens (primary N) is 1. The second kappa shape index (κ2) is 5.17. The summed E-state index contributed by atoms with van der Waals surface area (Å²) in [4.78, 5) is 4.29. The van der Waals surface area contributed by atoms with Crippen LogP contribution in [0.1, 0.15) is 17.0 Å². The fourth-order valence-electron chi connectivity index (χ4n) is 1.95. The zero-order chi connectivity index (χ0) is 14.0. The number of hydrogen-bond acceptors (Lipinski definition) is 5. The molecular weight excluding hydrogens is 242 g/mol. The van der Waals surface area contributed by atoms with Gasteiger partial charge in [0.2, 0.25) is 5.88 Å². The van der Waals surface area contributed by atoms with Gasteiger partial charge in [0.25, 0.3) is 0 Å². The van der Waals surface area contributed by atoms with Gasteiger partial charge in [0, 0.05) is 30.9 Å². The van der Waals surface area contributed by atoms with Crippen LogP contribution >= 0.6 is 0 Å². The summed E-state index contributed by atoms with van der Waals surface area (Å²) in [6.45, 7) is 4.67. The Kier molecular flexibility index (Phi) is 3.59. The first-order valence-corrected chi connectivity index (χ1v) is 6.06. The van der Waals surface area contributed by atoms with Gasteiger partial charge in [-0.2, -0.15) is 10.1 Å². The van der Waals surface area contributed by atoms with Crippen LogP contribution in [-0.4, -0.2) is 21.9 Å². The zero-order valence-electron chi connectivity index (χ0n) is 11.7. The van der Waals surface area contributed by atoms with Crippen molar-refractivity contribution >= 4 is 11.5 Å². The van der Waals surface area contributed by atoms with Gasteiger partial charge in [0.15, 0.2) is 5.82 Å². The SMILES string of the molecule is COc1ccc(N)c(NCc2c(C)nn(C)c2C)n1. The number of rotatable bonds is 4. The van der Waals surface area contributed by atoms with E-state index in [2.05, 4.69) is 15.4 Å². The summed E-state index contributed by atoms with van der Waals surface area (Å²) in [7, 11) is 3.52. The number of aryl methyl sites for hydroxylation is 2. The Hall–Kier alpha value is -2.24. The van der Waals surface area contributed by atoms with Crippen LogP contribution in [0.5, 0.6) is 5.88 Å². The van der Waals surface area contributed by atoms with E-state index in [4.69, 9.17) is 10.5 Å². The predicted molar refractivity (Wildman–Crippen MR) is 75.2 cm³/mol. The summed E-state index contributed by atoms with van der Waals surface area (Å²) in [6.07, 6.45) is 0. The minimum absolute atomic E-state index is 0.538. The molecule has 19 heavy (non-hydrogen) atoms. The van der Waals surface area contributed by atoms with E-state index in [1.54, 1.807) is 19.2 Å². The Balaban J connectivity index is 2.18. The first kappa shape index (κ1) is 13.2. The van der Waals surface area contributed by atoms with Crippen LogP contribution in [-0.2, 0) is 13.6 Å². The molecule has 2 aromatic rings. The minimum Gasteiger partial charge on any atom is -0.481 e. The summed E-state index contributed by atoms with van der Waals surface area (Å²) >= 11 is 0. The van der Waals surface area contributed by atoms with Crippen LogP contribution in [0, 0.1) is 13.8 Å². The summed E-state index contributed by atoms with van der Waals surface area (Å²) in [5, 5.41) is 7.61. The van der Waals surface area contributed by atoms with Crippen molar-refractivity contribution in [2.75, 3.05) is 18.2 Å². The Labute approximate surface area is 112 Å². The fraction of sp³-hybridized carbons (Fsp3) is 0.385. The molecule has 3 N–H and O–H groups in total. The maximum atomic E-state index is 5.89. The summed E-state index contributed by atoms with van der Waals surface area (Å²) in [6, 6.07) is 3.51. The monoisotopic (exact) mass is 261 g/mol. The van der Waals surface area contributed by atoms with Crippen molar-refractivity contribution in [1.29, 1.82) is 0 Å². The largest absolute Gasteiger partial charge is 0.481 e. The zero-order valence-corrected chi connectivity index (χ0v) is 11.7. The number of methoxy groups -OCH3 is 1. The molecule has 0 saturated heterocycles. The Morgan fingerprint density at radius 1 is 1.37 bits per heavy atom. The van der Waals surface area contributed by atoms with Gasteiger partial charge in [-0.15, -0.1) is 0 Å². The molecule has 0 bridgehead atoms. The molecule has 0 spiro atoms. The topological polar surface area (TPSA) is 78.0 Å². The molecule has 0 atom stereocenters. The smallest absolute Gasteiger partial charge is 0.215 e. The van der Waals surface area contributed by atoms with Gasteiger partial charge in [-0.1, -0.05) is 0 Å². The molecule has 2 aromatic heterocycles. The fourth-order valence-corrected chi connectivity index (χ4v) is 1.95. The van der Waals surface area contributed by atoms with Gasteiger partial charge in [-0.3, -0.25) is 4.68 Å². The summed E-state index contributed by atoms with van der Waals surface area (Å²) in [5.74, 6) is 1.17. The van der Waals surface area contributed by atoms with Crippen LogP contribution in [0.4, 0.5) is 11.5 Å². The molecule has 0 aliphatic heterocycles. The second-order valence-electron chi connectivity index (χ2n) is 4.42. The maximum absolute atomic E-state index is 5.89. The molecule has 0 unspecified atom stereocenters. The first-order chi connectivity index (χ1) is 9.02. The van der Waals surface area contributed by atoms with Gasteiger partial charge in [-0.05, 0) is 19.9 Å². The number of nitrogen functional groups attached to an aromatic ring is 1. The lowest BCUT2D eigenvalue weighted by atomic mass is 10.2. The van der Waals surface area contributed by atoms with Gasteiger partial charge < -0.3 is 15.8 Å². The van der Waals surface area contributed by atoms with Crippen molar-refractivity contribution in [2.45, 2.75) is 20.4 Å². The molecule has 0 aliphatic rings. The highest BCUT2D eigenvalue weighted by Crippen LogP contribution is 2.21. The average Bonchev–Trinajstić information content (AvgIpc) is 2.63. The molecule has 0 amide bonds. The highest BCUT2D eigenvalue weighted by Gasteiger charge is 2.10. The Bertz CT molecular complexity index is 591. The minimum atomic E-state index is 0.538. The van der Waals surface area contributed by atoms with E-state index >= 15 is 0 Å². The number of nitrogens with zero attached hydrogens (tertiary/aromatic N) is 3. The van der Waals surface area contributed by atoms with E-state index in [-0.39, 0.29) is 0 Å². The Morgan fingerprint density at radius 2 is 2.11 bits per heavy atom. The van der Waals surface area contributed by atoms with Crippen molar-refractivity contribution in [1.82, 2.24) is 14.8 Å². The van der Waals surface area contributed by atoms with Crippen molar-refractivity contribution in [3.05, 3.63) is 29.1 Å². The standard InChI is InChI=1S/C13H19N5O/c1-8-10(9(2)18(3)17-8)7-15-13-11(14)5-6-12(16-13)19-4/h5-6H,7,14H2,1-4H3,(H,15,16). The summed E-state index contributed by atoms with van der Waals surface area (Å²) in [5.41, 5.74) is 9.78. The van der Waals surface area contributed by atoms with Gasteiger partial charge in [0.1, 0.15) is 0 Å². The molecule has 6 nitrogen and oxygen atoms in total. The molecule has 0 saturated carbocycles. The third-order valence-electron chi connectivity index (χ3n) is 3.20. The third-order valence-corrected chi connectivity index (χ3v) is 3.20. The van der Waals surface area contributed by atoms with E-state index in [9.17, 15) is 0 Å². The molecule has 2 rings (SSSR count). The van der Waals surface area contributed by atoms with Crippen molar-refractivity contribution in [2.24, 2.45) is 7.05 Å². The lowest BCUT2D eigenvalue weighted by Crippen LogP contribution is -2.07. The normalized spacial score (nSPS) is 10.5. The van der Waals surface area contributed by atoms with Crippen LogP contribution < -0.4 is 15.8 Å². The third kappa shape index (κ3) is 2.62. The number of anilines is 2. The number of nitrogens with one attached hydrogen (secondary N) is 1. The number of pyridine rings is 1. The molecule has 0 fully saturated rings. The highest BCUT2D eigenvalue weighted by molar-refractivity contribution is 5.62. The van der Waals surface area contributed by atoms with E-state index in [0.717, 1.165) is 17.0 Å². The number of ether oxygens (including phenoxy) is 1. The summed E-state index contributed by atoms with van der Waals surface area (Å²) < 4.78 is 6.96. The Morgan fingerprint density at radius 3 is 2.68 bits per heavy atom. The molecule has 2 heterocycles. The molecular formula is C13H19N5O. The maximum Gasteiger partial charge on any atom is 0.215 e. The molecule has 0 radical (unpaired) electrons. The molecule has 0 aliphatic carbocycles. The number of aromatic nitrogens is 3. The second-order valence-corrected chi connectivity index (χ2v) is 4.42. The van der Waals surface area contributed by atoms with Crippen molar-refractivity contribution < 1.29 is 4.74 Å². The molecule has 102 valence electrons. The van der Waals surface area contributed by atoms with E-state index in [0.29, 0.717) is 23.9 Å². The lowest BCUT2D eigenvalue weighted by molar-refractivity contribution is 0.398. The molecule has 6 heteroatoms. The lowest BCUT2D eigenvalue weighted by Gasteiger charge is -2.10. The van der Waals surface area contributed by atoms with E-state index < -0.39 is 0 Å². The van der Waals surface area contributed by atoms with Gasteiger partial charge in [-0.25, -0.2) is 0 Å². The van der Waals surface area contributed by atoms with E-state index in [1.165, 1.54) is 0 Å². The van der Waals surface area contributed by atoms with Crippen LogP contribution in [0.3, 0.4) is 0 Å². The quantitative estimate of drug-likeness (QED) is 0.874. The highest BCUT2D eigenvalue weighted by atomic mass is 16.5. The van der Waals surface area contributed by atoms with E-state index in [1.807, 2.05) is 25.6 Å². The molecule has 0 aromatic carbocycles. The van der Waals surface area contributed by atoms with Gasteiger partial charge >= 0.3 is 0 Å². The average molecular weight is 261 g/mol. The van der Waals surface area contributed by atoms with Crippen LogP contribution in [0.25, 0.3) is 0 Å². The van der Waals surface area contributed by atoms with Crippen molar-refractivity contribution in [3.63, 3.8) is 0 Å². The number of hydrogen-bond donors (Lipinski definition) is 2. The van der Waals surface area contributed by atoms with Crippen LogP contribution in [0.15, 0.2) is 12.1 Å². The van der Waals surface area contributed by atoms with Crippen LogP contribution in [0.2, 0.25) is 0 Å². The predicted octanol–water partition coefficient (Wildman–Crippen LogP) is 1.63. The first-order valence-electron chi connectivity index (χ1n) is 6.06. The van der Waals surface area contributed by atoms with Crippen molar-refractivity contribution in [3.8, 4) is 5.88 Å². The van der Waals surface area contributed by atoms with Gasteiger partial charge in [0.05, 0.1) is 18.5 Å².